The number of carbonyl (C=O) groups is 2. The summed E-state index contributed by atoms with van der Waals surface area (Å²) in [5, 5.41) is 1.57. The molecule has 1 aromatic carbocycles. The first-order valence-corrected chi connectivity index (χ1v) is 9.58. The number of fused-ring (bicyclic) bond motifs is 1. The molecule has 0 radical (unpaired) electrons. The second kappa shape index (κ2) is 8.20. The molecule has 0 N–H and O–H groups in total. The van der Waals surface area contributed by atoms with E-state index in [-0.39, 0.29) is 24.7 Å². The summed E-state index contributed by atoms with van der Waals surface area (Å²) in [5.41, 5.74) is 0. The zero-order valence-corrected chi connectivity index (χ0v) is 16.2. The molecular formula is C19H20ClNO4S. The molecule has 1 aliphatic heterocycles. The molecule has 5 nitrogen and oxygen atoms in total. The molecule has 26 heavy (non-hydrogen) atoms. The molecule has 0 bridgehead atoms. The molecule has 2 aromatic rings. The molecule has 1 fully saturated rings. The van der Waals surface area contributed by atoms with Gasteiger partial charge in [-0.25, -0.2) is 4.79 Å². The van der Waals surface area contributed by atoms with Gasteiger partial charge in [-0.2, -0.15) is 0 Å². The minimum absolute atomic E-state index is 0.0200. The van der Waals surface area contributed by atoms with E-state index in [1.807, 2.05) is 38.1 Å². The van der Waals surface area contributed by atoms with Gasteiger partial charge in [0.05, 0.1) is 17.2 Å². The van der Waals surface area contributed by atoms with Crippen molar-refractivity contribution in [3.63, 3.8) is 0 Å². The molecule has 138 valence electrons. The summed E-state index contributed by atoms with van der Waals surface area (Å²) >= 11 is 7.83. The predicted octanol–water partition coefficient (Wildman–Crippen LogP) is 3.75. The summed E-state index contributed by atoms with van der Waals surface area (Å²) in [4.78, 5) is 26.6. The number of amides is 1. The second-order valence-electron chi connectivity index (χ2n) is 6.27. The fourth-order valence-corrected chi connectivity index (χ4v) is 4.34. The lowest BCUT2D eigenvalue weighted by Crippen LogP contribution is -2.49. The van der Waals surface area contributed by atoms with Crippen LogP contribution in [-0.4, -0.2) is 48.7 Å². The number of carbonyl (C=O) groups excluding carboxylic acids is 2. The minimum Gasteiger partial charge on any atom is -0.452 e. The SMILES string of the molecule is C[C@@H]1CN(C(=O)COC(=O)/C=C/c2sc3ccccc3c2Cl)C[C@H](C)O1. The average molecular weight is 394 g/mol. The lowest BCUT2D eigenvalue weighted by Gasteiger charge is -2.35. The van der Waals surface area contributed by atoms with E-state index in [2.05, 4.69) is 0 Å². The number of esters is 1. The Kier molecular flexibility index (Phi) is 5.96. The van der Waals surface area contributed by atoms with Crippen molar-refractivity contribution in [3.8, 4) is 0 Å². The average Bonchev–Trinajstić information content (AvgIpc) is 2.93. The molecule has 2 heterocycles. The van der Waals surface area contributed by atoms with Crippen molar-refractivity contribution in [1.82, 2.24) is 4.90 Å². The maximum atomic E-state index is 12.2. The Labute approximate surface area is 161 Å². The van der Waals surface area contributed by atoms with Crippen molar-refractivity contribution in [1.29, 1.82) is 0 Å². The molecule has 0 spiro atoms. The van der Waals surface area contributed by atoms with E-state index in [4.69, 9.17) is 21.1 Å². The summed E-state index contributed by atoms with van der Waals surface area (Å²) in [5.74, 6) is -0.783. The molecule has 7 heteroatoms. The van der Waals surface area contributed by atoms with Gasteiger partial charge in [-0.3, -0.25) is 4.79 Å². The van der Waals surface area contributed by atoms with E-state index in [9.17, 15) is 9.59 Å². The third-order valence-electron chi connectivity index (χ3n) is 4.04. The van der Waals surface area contributed by atoms with E-state index in [0.717, 1.165) is 15.0 Å². The summed E-state index contributed by atoms with van der Waals surface area (Å²) < 4.78 is 11.7. The summed E-state index contributed by atoms with van der Waals surface area (Å²) in [6, 6.07) is 7.77. The summed E-state index contributed by atoms with van der Waals surface area (Å²) in [7, 11) is 0. The molecule has 0 unspecified atom stereocenters. The molecular weight excluding hydrogens is 374 g/mol. The number of rotatable bonds is 4. The van der Waals surface area contributed by atoms with Gasteiger partial charge in [0.25, 0.3) is 5.91 Å². The van der Waals surface area contributed by atoms with E-state index in [1.165, 1.54) is 17.4 Å². The molecule has 2 atom stereocenters. The van der Waals surface area contributed by atoms with Crippen LogP contribution >= 0.6 is 22.9 Å². The van der Waals surface area contributed by atoms with Gasteiger partial charge < -0.3 is 14.4 Å². The Morgan fingerprint density at radius 1 is 1.31 bits per heavy atom. The Morgan fingerprint density at radius 3 is 2.69 bits per heavy atom. The van der Waals surface area contributed by atoms with E-state index < -0.39 is 5.97 Å². The van der Waals surface area contributed by atoms with Crippen LogP contribution < -0.4 is 0 Å². The van der Waals surface area contributed by atoms with Gasteiger partial charge in [-0.1, -0.05) is 29.8 Å². The van der Waals surface area contributed by atoms with Gasteiger partial charge in [-0.05, 0) is 26.0 Å². The third-order valence-corrected chi connectivity index (χ3v) is 5.70. The fraction of sp³-hybridized carbons (Fsp3) is 0.368. The smallest absolute Gasteiger partial charge is 0.331 e. The molecule has 0 saturated carbocycles. The highest BCUT2D eigenvalue weighted by Crippen LogP contribution is 2.35. The Balaban J connectivity index is 1.55. The number of halogens is 1. The van der Waals surface area contributed by atoms with E-state index in [1.54, 1.807) is 11.0 Å². The van der Waals surface area contributed by atoms with E-state index in [0.29, 0.717) is 18.1 Å². The molecule has 1 amide bonds. The largest absolute Gasteiger partial charge is 0.452 e. The van der Waals surface area contributed by atoms with Crippen molar-refractivity contribution in [2.75, 3.05) is 19.7 Å². The lowest BCUT2D eigenvalue weighted by molar-refractivity contribution is -0.154. The van der Waals surface area contributed by atoms with Crippen LogP contribution in [-0.2, 0) is 19.1 Å². The highest BCUT2D eigenvalue weighted by Gasteiger charge is 2.26. The van der Waals surface area contributed by atoms with Crippen LogP contribution in [0.25, 0.3) is 16.2 Å². The highest BCUT2D eigenvalue weighted by atomic mass is 35.5. The molecule has 1 aromatic heterocycles. The Morgan fingerprint density at radius 2 is 2.00 bits per heavy atom. The van der Waals surface area contributed by atoms with Gasteiger partial charge in [-0.15, -0.1) is 11.3 Å². The number of benzene rings is 1. The number of thiophene rings is 1. The quantitative estimate of drug-likeness (QED) is 0.586. The maximum absolute atomic E-state index is 12.2. The zero-order chi connectivity index (χ0) is 18.7. The molecule has 3 rings (SSSR count). The second-order valence-corrected chi connectivity index (χ2v) is 7.74. The molecule has 0 aliphatic carbocycles. The van der Waals surface area contributed by atoms with Crippen molar-refractivity contribution in [3.05, 3.63) is 40.2 Å². The van der Waals surface area contributed by atoms with Crippen molar-refractivity contribution in [2.45, 2.75) is 26.1 Å². The van der Waals surface area contributed by atoms with Crippen molar-refractivity contribution < 1.29 is 19.1 Å². The van der Waals surface area contributed by atoms with Crippen LogP contribution in [0.4, 0.5) is 0 Å². The number of ether oxygens (including phenoxy) is 2. The maximum Gasteiger partial charge on any atom is 0.331 e. The van der Waals surface area contributed by atoms with E-state index >= 15 is 0 Å². The van der Waals surface area contributed by atoms with Gasteiger partial charge in [0, 0.05) is 34.1 Å². The Bertz CT molecular complexity index is 837. The number of hydrogen-bond donors (Lipinski definition) is 0. The van der Waals surface area contributed by atoms with Crippen LogP contribution in [0, 0.1) is 0 Å². The molecule has 1 aliphatic rings. The normalized spacial score (nSPS) is 20.7. The van der Waals surface area contributed by atoms with Crippen LogP contribution in [0.5, 0.6) is 0 Å². The summed E-state index contributed by atoms with van der Waals surface area (Å²) in [6.45, 7) is 4.57. The first kappa shape index (κ1) is 18.9. The van der Waals surface area contributed by atoms with Gasteiger partial charge >= 0.3 is 5.97 Å². The van der Waals surface area contributed by atoms with Crippen molar-refractivity contribution in [2.24, 2.45) is 0 Å². The monoisotopic (exact) mass is 393 g/mol. The lowest BCUT2D eigenvalue weighted by atomic mass is 10.2. The minimum atomic E-state index is -0.568. The zero-order valence-electron chi connectivity index (χ0n) is 14.6. The number of morpholine rings is 1. The van der Waals surface area contributed by atoms with Crippen LogP contribution in [0.3, 0.4) is 0 Å². The first-order chi connectivity index (χ1) is 12.4. The number of nitrogens with zero attached hydrogens (tertiary/aromatic N) is 1. The number of hydrogen-bond acceptors (Lipinski definition) is 5. The highest BCUT2D eigenvalue weighted by molar-refractivity contribution is 7.20. The van der Waals surface area contributed by atoms with Crippen molar-refractivity contribution >= 4 is 51.0 Å². The summed E-state index contributed by atoms with van der Waals surface area (Å²) in [6.07, 6.45) is 2.88. The molecule has 1 saturated heterocycles. The predicted molar refractivity (Wildman–Crippen MR) is 103 cm³/mol. The van der Waals surface area contributed by atoms with Gasteiger partial charge in [0.15, 0.2) is 6.61 Å². The standard InChI is InChI=1S/C19H20ClNO4S/c1-12-9-21(10-13(2)25-12)17(22)11-24-18(23)8-7-16-19(20)14-5-3-4-6-15(14)26-16/h3-8,12-13H,9-11H2,1-2H3/b8-7+/t12-,13+. The van der Waals surface area contributed by atoms with Crippen LogP contribution in [0.1, 0.15) is 18.7 Å². The van der Waals surface area contributed by atoms with Gasteiger partial charge in [0.2, 0.25) is 0 Å². The fourth-order valence-electron chi connectivity index (χ4n) is 2.94. The third kappa shape index (κ3) is 4.44. The van der Waals surface area contributed by atoms with Crippen LogP contribution in [0.15, 0.2) is 30.3 Å². The van der Waals surface area contributed by atoms with Gasteiger partial charge in [0.1, 0.15) is 0 Å². The first-order valence-electron chi connectivity index (χ1n) is 8.39. The van der Waals surface area contributed by atoms with Crippen LogP contribution in [0.2, 0.25) is 5.02 Å². The Hall–Kier alpha value is -1.89. The topological polar surface area (TPSA) is 55.8 Å².